The van der Waals surface area contributed by atoms with E-state index in [9.17, 15) is 4.79 Å². The Morgan fingerprint density at radius 2 is 1.68 bits per heavy atom. The molecular formula is C14H20ClNO3. The lowest BCUT2D eigenvalue weighted by molar-refractivity contribution is -0.132. The molecule has 0 heterocycles. The highest BCUT2D eigenvalue weighted by Crippen LogP contribution is 2.22. The van der Waals surface area contributed by atoms with Gasteiger partial charge in [0.2, 0.25) is 5.91 Å². The average molecular weight is 286 g/mol. The molecule has 0 radical (unpaired) electrons. The lowest BCUT2D eigenvalue weighted by Crippen LogP contribution is -2.38. The van der Waals surface area contributed by atoms with Crippen LogP contribution < -0.4 is 0 Å². The number of carbonyl (C=O) groups is 1. The van der Waals surface area contributed by atoms with E-state index in [4.69, 9.17) is 21.1 Å². The molecule has 0 bridgehead atoms. The monoisotopic (exact) mass is 285 g/mol. The van der Waals surface area contributed by atoms with Crippen molar-refractivity contribution in [3.8, 4) is 0 Å². The summed E-state index contributed by atoms with van der Waals surface area (Å²) in [6, 6.07) is 9.32. The molecule has 19 heavy (non-hydrogen) atoms. The van der Waals surface area contributed by atoms with Crippen LogP contribution in [0.1, 0.15) is 10.9 Å². The van der Waals surface area contributed by atoms with Crippen LogP contribution in [-0.4, -0.2) is 51.3 Å². The zero-order valence-corrected chi connectivity index (χ0v) is 12.1. The molecule has 1 unspecified atom stereocenters. The van der Waals surface area contributed by atoms with Crippen LogP contribution in [0.5, 0.6) is 0 Å². The first-order chi connectivity index (χ1) is 9.20. The minimum absolute atomic E-state index is 0.123. The summed E-state index contributed by atoms with van der Waals surface area (Å²) in [7, 11) is 3.21. The van der Waals surface area contributed by atoms with Crippen LogP contribution in [0, 0.1) is 0 Å². The van der Waals surface area contributed by atoms with Crippen molar-refractivity contribution in [3.05, 3.63) is 35.9 Å². The number of benzene rings is 1. The van der Waals surface area contributed by atoms with Crippen LogP contribution >= 0.6 is 11.6 Å². The largest absolute Gasteiger partial charge is 0.383 e. The summed E-state index contributed by atoms with van der Waals surface area (Å²) in [5.41, 5.74) is 0.800. The Morgan fingerprint density at radius 1 is 1.16 bits per heavy atom. The Kier molecular flexibility index (Phi) is 7.48. The van der Waals surface area contributed by atoms with E-state index in [-0.39, 0.29) is 5.91 Å². The van der Waals surface area contributed by atoms with Crippen molar-refractivity contribution < 1.29 is 14.3 Å². The van der Waals surface area contributed by atoms with Gasteiger partial charge in [-0.15, -0.1) is 11.6 Å². The van der Waals surface area contributed by atoms with Crippen molar-refractivity contribution in [1.82, 2.24) is 4.90 Å². The first-order valence-electron chi connectivity index (χ1n) is 6.16. The van der Waals surface area contributed by atoms with Crippen molar-refractivity contribution in [2.24, 2.45) is 0 Å². The summed E-state index contributed by atoms with van der Waals surface area (Å²) in [6.45, 7) is 1.98. The minimum atomic E-state index is -0.671. The number of nitrogens with zero attached hydrogens (tertiary/aromatic N) is 1. The molecular weight excluding hydrogens is 266 g/mol. The second kappa shape index (κ2) is 8.91. The Labute approximate surface area is 119 Å². The fraction of sp³-hybridized carbons (Fsp3) is 0.500. The number of hydrogen-bond acceptors (Lipinski definition) is 3. The molecule has 0 saturated heterocycles. The molecule has 0 fully saturated rings. The molecule has 106 valence electrons. The van der Waals surface area contributed by atoms with Gasteiger partial charge in [0.15, 0.2) is 0 Å². The predicted octanol–water partition coefficient (Wildman–Crippen LogP) is 2.09. The number of alkyl halides is 1. The molecule has 0 aliphatic rings. The number of ether oxygens (including phenoxy) is 2. The quantitative estimate of drug-likeness (QED) is 0.687. The normalized spacial score (nSPS) is 12.2. The second-order valence-corrected chi connectivity index (χ2v) is 4.52. The van der Waals surface area contributed by atoms with Crippen LogP contribution in [0.2, 0.25) is 0 Å². The van der Waals surface area contributed by atoms with E-state index in [1.54, 1.807) is 19.1 Å². The van der Waals surface area contributed by atoms with Gasteiger partial charge in [-0.2, -0.15) is 0 Å². The van der Waals surface area contributed by atoms with E-state index in [1.165, 1.54) is 0 Å². The summed E-state index contributed by atoms with van der Waals surface area (Å²) in [5.74, 6) is -0.123. The third-order valence-corrected chi connectivity index (χ3v) is 3.19. The molecule has 0 aliphatic carbocycles. The number of hydrogen-bond donors (Lipinski definition) is 0. The molecule has 0 aliphatic heterocycles. The second-order valence-electron chi connectivity index (χ2n) is 4.08. The molecule has 1 amide bonds. The molecule has 1 aromatic carbocycles. The summed E-state index contributed by atoms with van der Waals surface area (Å²) in [5, 5.41) is -0.671. The maximum atomic E-state index is 12.3. The predicted molar refractivity (Wildman–Crippen MR) is 75.4 cm³/mol. The van der Waals surface area contributed by atoms with Crippen molar-refractivity contribution in [2.75, 3.05) is 40.5 Å². The van der Waals surface area contributed by atoms with Crippen molar-refractivity contribution >= 4 is 17.5 Å². The summed E-state index contributed by atoms with van der Waals surface area (Å²) < 4.78 is 10.0. The van der Waals surface area contributed by atoms with E-state index >= 15 is 0 Å². The lowest BCUT2D eigenvalue weighted by Gasteiger charge is -2.24. The van der Waals surface area contributed by atoms with E-state index in [0.29, 0.717) is 26.3 Å². The molecule has 4 nitrogen and oxygen atoms in total. The number of carbonyl (C=O) groups excluding carboxylic acids is 1. The molecule has 0 saturated carbocycles. The van der Waals surface area contributed by atoms with E-state index in [2.05, 4.69) is 0 Å². The highest BCUT2D eigenvalue weighted by Gasteiger charge is 2.23. The molecule has 1 atom stereocenters. The standard InChI is InChI=1S/C14H20ClNO3/c1-18-10-8-16(9-11-19-2)14(17)13(15)12-6-4-3-5-7-12/h3-7,13H,8-11H2,1-2H3. The zero-order chi connectivity index (χ0) is 14.1. The third-order valence-electron chi connectivity index (χ3n) is 2.75. The molecule has 1 rings (SSSR count). The summed E-state index contributed by atoms with van der Waals surface area (Å²) in [4.78, 5) is 14.0. The summed E-state index contributed by atoms with van der Waals surface area (Å²) in [6.07, 6.45) is 0. The molecule has 0 spiro atoms. The van der Waals surface area contributed by atoms with Crippen LogP contribution in [-0.2, 0) is 14.3 Å². The molecule has 0 aromatic heterocycles. The van der Waals surface area contributed by atoms with Crippen molar-refractivity contribution in [3.63, 3.8) is 0 Å². The highest BCUT2D eigenvalue weighted by atomic mass is 35.5. The van der Waals surface area contributed by atoms with Gasteiger partial charge >= 0.3 is 0 Å². The number of amides is 1. The van der Waals surface area contributed by atoms with Crippen molar-refractivity contribution in [1.29, 1.82) is 0 Å². The first kappa shape index (κ1) is 16.0. The third kappa shape index (κ3) is 5.19. The Morgan fingerprint density at radius 3 is 2.16 bits per heavy atom. The Hall–Kier alpha value is -1.10. The maximum Gasteiger partial charge on any atom is 0.245 e. The van der Waals surface area contributed by atoms with Crippen molar-refractivity contribution in [2.45, 2.75) is 5.38 Å². The lowest BCUT2D eigenvalue weighted by atomic mass is 10.1. The van der Waals surface area contributed by atoms with Gasteiger partial charge in [-0.1, -0.05) is 30.3 Å². The number of rotatable bonds is 8. The number of methoxy groups -OCH3 is 2. The minimum Gasteiger partial charge on any atom is -0.383 e. The number of halogens is 1. The van der Waals surface area contributed by atoms with Gasteiger partial charge in [0, 0.05) is 27.3 Å². The van der Waals surface area contributed by atoms with Crippen LogP contribution in [0.3, 0.4) is 0 Å². The molecule has 0 N–H and O–H groups in total. The van der Waals surface area contributed by atoms with Crippen LogP contribution in [0.25, 0.3) is 0 Å². The SMILES string of the molecule is COCCN(CCOC)C(=O)C(Cl)c1ccccc1. The molecule has 5 heteroatoms. The highest BCUT2D eigenvalue weighted by molar-refractivity contribution is 6.30. The van der Waals surface area contributed by atoms with Gasteiger partial charge in [-0.25, -0.2) is 0 Å². The molecule has 1 aromatic rings. The van der Waals surface area contributed by atoms with Crippen LogP contribution in [0.15, 0.2) is 30.3 Å². The van der Waals surface area contributed by atoms with E-state index in [0.717, 1.165) is 5.56 Å². The van der Waals surface area contributed by atoms with E-state index in [1.807, 2.05) is 30.3 Å². The van der Waals surface area contributed by atoms with Gasteiger partial charge in [-0.05, 0) is 5.56 Å². The van der Waals surface area contributed by atoms with Gasteiger partial charge in [-0.3, -0.25) is 4.79 Å². The van der Waals surface area contributed by atoms with Gasteiger partial charge in [0.05, 0.1) is 13.2 Å². The fourth-order valence-electron chi connectivity index (χ4n) is 1.66. The smallest absolute Gasteiger partial charge is 0.245 e. The average Bonchev–Trinajstić information content (AvgIpc) is 2.47. The van der Waals surface area contributed by atoms with Gasteiger partial charge < -0.3 is 14.4 Å². The first-order valence-corrected chi connectivity index (χ1v) is 6.60. The zero-order valence-electron chi connectivity index (χ0n) is 11.3. The van der Waals surface area contributed by atoms with E-state index < -0.39 is 5.38 Å². The Balaban J connectivity index is 2.68. The van der Waals surface area contributed by atoms with Crippen LogP contribution in [0.4, 0.5) is 0 Å². The van der Waals surface area contributed by atoms with Gasteiger partial charge in [0.1, 0.15) is 5.38 Å². The maximum absolute atomic E-state index is 12.3. The fourth-order valence-corrected chi connectivity index (χ4v) is 1.94. The van der Waals surface area contributed by atoms with Gasteiger partial charge in [0.25, 0.3) is 0 Å². The topological polar surface area (TPSA) is 38.8 Å². The Bertz CT molecular complexity index is 364. The summed E-state index contributed by atoms with van der Waals surface area (Å²) >= 11 is 6.24.